The van der Waals surface area contributed by atoms with Crippen molar-refractivity contribution < 1.29 is 14.6 Å². The number of rotatable bonds is 2. The molecule has 0 amide bonds. The lowest BCUT2D eigenvalue weighted by Gasteiger charge is -2.31. The molecule has 5 nitrogen and oxygen atoms in total. The summed E-state index contributed by atoms with van der Waals surface area (Å²) in [5, 5.41) is 10.6. The van der Waals surface area contributed by atoms with Crippen LogP contribution in [0.3, 0.4) is 0 Å². The molecule has 0 radical (unpaired) electrons. The highest BCUT2D eigenvalue weighted by atomic mass is 16.5. The molecule has 2 unspecified atom stereocenters. The molecule has 0 aromatic heterocycles. The molecule has 0 bridgehead atoms. The molecule has 0 aromatic rings. The first-order valence-electron chi connectivity index (χ1n) is 4.04. The van der Waals surface area contributed by atoms with Crippen LogP contribution in [0.25, 0.3) is 0 Å². The van der Waals surface area contributed by atoms with E-state index in [1.54, 1.807) is 12.1 Å². The SMILES string of the molecule is CNN1C2CC2OC[C@@H]1C(=O)O. The van der Waals surface area contributed by atoms with E-state index < -0.39 is 12.0 Å². The summed E-state index contributed by atoms with van der Waals surface area (Å²) in [4.78, 5) is 10.7. The Hall–Kier alpha value is -0.650. The van der Waals surface area contributed by atoms with E-state index in [1.165, 1.54) is 0 Å². The molecule has 2 fully saturated rings. The lowest BCUT2D eigenvalue weighted by Crippen LogP contribution is -2.55. The minimum absolute atomic E-state index is 0.257. The summed E-state index contributed by atoms with van der Waals surface area (Å²) in [6.45, 7) is 0.289. The number of fused-ring (bicyclic) bond motifs is 1. The molecule has 12 heavy (non-hydrogen) atoms. The first-order valence-corrected chi connectivity index (χ1v) is 4.04. The number of hydrogen-bond acceptors (Lipinski definition) is 4. The Morgan fingerprint density at radius 3 is 3.08 bits per heavy atom. The molecule has 1 heterocycles. The molecule has 1 aliphatic heterocycles. The lowest BCUT2D eigenvalue weighted by molar-refractivity contribution is -0.152. The molecule has 2 aliphatic rings. The topological polar surface area (TPSA) is 61.8 Å². The molecule has 0 spiro atoms. The Morgan fingerprint density at radius 2 is 2.50 bits per heavy atom. The number of carboxylic acids is 1. The Morgan fingerprint density at radius 1 is 1.75 bits per heavy atom. The van der Waals surface area contributed by atoms with E-state index in [2.05, 4.69) is 5.43 Å². The zero-order chi connectivity index (χ0) is 8.72. The van der Waals surface area contributed by atoms with E-state index in [0.717, 1.165) is 6.42 Å². The maximum Gasteiger partial charge on any atom is 0.324 e. The zero-order valence-electron chi connectivity index (χ0n) is 6.86. The van der Waals surface area contributed by atoms with E-state index >= 15 is 0 Å². The van der Waals surface area contributed by atoms with Crippen LogP contribution in [0.15, 0.2) is 0 Å². The molecule has 1 aliphatic carbocycles. The van der Waals surface area contributed by atoms with Crippen LogP contribution in [0, 0.1) is 0 Å². The van der Waals surface area contributed by atoms with Crippen LogP contribution in [-0.4, -0.2) is 47.9 Å². The summed E-state index contributed by atoms with van der Waals surface area (Å²) in [6, 6.07) is -0.261. The van der Waals surface area contributed by atoms with Crippen LogP contribution in [-0.2, 0) is 9.53 Å². The van der Waals surface area contributed by atoms with Crippen molar-refractivity contribution in [3.05, 3.63) is 0 Å². The number of carboxylic acid groups (broad SMARTS) is 1. The lowest BCUT2D eigenvalue weighted by atomic mass is 10.3. The van der Waals surface area contributed by atoms with Gasteiger partial charge in [-0.3, -0.25) is 10.2 Å². The third kappa shape index (κ3) is 1.10. The van der Waals surface area contributed by atoms with Crippen LogP contribution in [0.1, 0.15) is 6.42 Å². The predicted molar refractivity (Wildman–Crippen MR) is 40.5 cm³/mol. The van der Waals surface area contributed by atoms with Gasteiger partial charge in [0.1, 0.15) is 6.04 Å². The summed E-state index contributed by atoms with van der Waals surface area (Å²) >= 11 is 0. The largest absolute Gasteiger partial charge is 0.480 e. The van der Waals surface area contributed by atoms with Crippen molar-refractivity contribution in [2.75, 3.05) is 13.7 Å². The minimum atomic E-state index is -0.824. The second-order valence-corrected chi connectivity index (χ2v) is 3.16. The Bertz CT molecular complexity index is 209. The van der Waals surface area contributed by atoms with Gasteiger partial charge in [0.25, 0.3) is 0 Å². The van der Waals surface area contributed by atoms with Crippen molar-refractivity contribution in [3.8, 4) is 0 Å². The Kier molecular flexibility index (Phi) is 1.79. The molecule has 5 heteroatoms. The van der Waals surface area contributed by atoms with Crippen LogP contribution >= 0.6 is 0 Å². The smallest absolute Gasteiger partial charge is 0.324 e. The number of carbonyl (C=O) groups is 1. The van der Waals surface area contributed by atoms with Crippen molar-refractivity contribution in [1.82, 2.24) is 10.4 Å². The van der Waals surface area contributed by atoms with Crippen molar-refractivity contribution in [2.24, 2.45) is 0 Å². The molecule has 2 N–H and O–H groups in total. The quantitative estimate of drug-likeness (QED) is 0.562. The number of ether oxygens (including phenoxy) is 1. The minimum Gasteiger partial charge on any atom is -0.480 e. The van der Waals surface area contributed by atoms with Gasteiger partial charge in [0.2, 0.25) is 0 Å². The maximum absolute atomic E-state index is 10.7. The van der Waals surface area contributed by atoms with Gasteiger partial charge in [-0.05, 0) is 13.5 Å². The van der Waals surface area contributed by atoms with Gasteiger partial charge in [-0.25, -0.2) is 5.01 Å². The van der Waals surface area contributed by atoms with Gasteiger partial charge in [0.15, 0.2) is 0 Å². The van der Waals surface area contributed by atoms with Gasteiger partial charge in [-0.15, -0.1) is 0 Å². The highest BCUT2D eigenvalue weighted by molar-refractivity contribution is 5.73. The highest BCUT2D eigenvalue weighted by Crippen LogP contribution is 2.35. The van der Waals surface area contributed by atoms with Crippen molar-refractivity contribution in [3.63, 3.8) is 0 Å². The first-order chi connectivity index (χ1) is 5.74. The summed E-state index contributed by atoms with van der Waals surface area (Å²) in [5.74, 6) is -0.824. The maximum atomic E-state index is 10.7. The van der Waals surface area contributed by atoms with E-state index in [0.29, 0.717) is 0 Å². The van der Waals surface area contributed by atoms with Gasteiger partial charge in [0.05, 0.1) is 18.8 Å². The molecular weight excluding hydrogens is 160 g/mol. The van der Waals surface area contributed by atoms with E-state index in [1.807, 2.05) is 0 Å². The van der Waals surface area contributed by atoms with Crippen molar-refractivity contribution in [2.45, 2.75) is 24.6 Å². The van der Waals surface area contributed by atoms with Crippen LogP contribution in [0.4, 0.5) is 0 Å². The average molecular weight is 172 g/mol. The summed E-state index contributed by atoms with van der Waals surface area (Å²) < 4.78 is 5.30. The van der Waals surface area contributed by atoms with Crippen LogP contribution < -0.4 is 5.43 Å². The molecule has 68 valence electrons. The monoisotopic (exact) mass is 172 g/mol. The standard InChI is InChI=1S/C7H12N2O3/c1-8-9-4-2-6(4)12-3-5(9)7(10)11/h4-6,8H,2-3H2,1H3,(H,10,11)/t4?,5-,6?/m1/s1. The fourth-order valence-electron chi connectivity index (χ4n) is 1.67. The van der Waals surface area contributed by atoms with Gasteiger partial charge >= 0.3 is 5.97 Å². The molecule has 3 atom stereocenters. The summed E-state index contributed by atoms with van der Waals surface area (Å²) in [6.07, 6.45) is 1.21. The van der Waals surface area contributed by atoms with Crippen molar-refractivity contribution >= 4 is 5.97 Å². The number of hydrogen-bond donors (Lipinski definition) is 2. The number of aliphatic carboxylic acids is 1. The highest BCUT2D eigenvalue weighted by Gasteiger charge is 2.51. The zero-order valence-corrected chi connectivity index (χ0v) is 6.86. The molecule has 1 saturated heterocycles. The third-order valence-electron chi connectivity index (χ3n) is 2.40. The van der Waals surface area contributed by atoms with E-state index in [-0.39, 0.29) is 18.8 Å². The van der Waals surface area contributed by atoms with E-state index in [9.17, 15) is 4.79 Å². The van der Waals surface area contributed by atoms with Crippen LogP contribution in [0.5, 0.6) is 0 Å². The molecule has 1 saturated carbocycles. The number of nitrogens with one attached hydrogen (secondary N) is 1. The van der Waals surface area contributed by atoms with Gasteiger partial charge in [-0.1, -0.05) is 0 Å². The fourth-order valence-corrected chi connectivity index (χ4v) is 1.67. The average Bonchev–Trinajstić information content (AvgIpc) is 2.79. The molecule has 2 rings (SSSR count). The number of nitrogens with zero attached hydrogens (tertiary/aromatic N) is 1. The normalized spacial score (nSPS) is 40.6. The summed E-state index contributed by atoms with van der Waals surface area (Å²) in [7, 11) is 1.75. The molecular formula is C7H12N2O3. The number of hydrazine groups is 1. The van der Waals surface area contributed by atoms with Crippen molar-refractivity contribution in [1.29, 1.82) is 0 Å². The first kappa shape index (κ1) is 7.97. The third-order valence-corrected chi connectivity index (χ3v) is 2.40. The predicted octanol–water partition coefficient (Wildman–Crippen LogP) is -0.953. The summed E-state index contributed by atoms with van der Waals surface area (Å²) in [5.41, 5.74) is 2.90. The molecule has 0 aromatic carbocycles. The number of morpholine rings is 1. The van der Waals surface area contributed by atoms with Crippen LogP contribution in [0.2, 0.25) is 0 Å². The Balaban J connectivity index is 2.06. The fraction of sp³-hybridized carbons (Fsp3) is 0.857. The van der Waals surface area contributed by atoms with Gasteiger partial charge in [0, 0.05) is 0 Å². The second kappa shape index (κ2) is 2.69. The van der Waals surface area contributed by atoms with Gasteiger partial charge < -0.3 is 9.84 Å². The Labute approximate surface area is 70.3 Å². The van der Waals surface area contributed by atoms with Gasteiger partial charge in [-0.2, -0.15) is 0 Å². The van der Waals surface area contributed by atoms with E-state index in [4.69, 9.17) is 9.84 Å². The second-order valence-electron chi connectivity index (χ2n) is 3.16.